The Balaban J connectivity index is 1.79. The van der Waals surface area contributed by atoms with Gasteiger partial charge in [0.15, 0.2) is 0 Å². The summed E-state index contributed by atoms with van der Waals surface area (Å²) in [5.74, 6) is 0. The van der Waals surface area contributed by atoms with Crippen molar-refractivity contribution >= 4 is 21.6 Å². The first-order chi connectivity index (χ1) is 10.6. The third-order valence-corrected chi connectivity index (χ3v) is 5.65. The largest absolute Gasteiger partial charge is 0.395 e. The zero-order chi connectivity index (χ0) is 15.7. The van der Waals surface area contributed by atoms with Gasteiger partial charge in [-0.3, -0.25) is 9.69 Å². The molecule has 0 spiro atoms. The Morgan fingerprint density at radius 2 is 2.05 bits per heavy atom. The average molecular weight is 371 g/mol. The number of hydrogen-bond donors (Lipinski definition) is 1. The summed E-state index contributed by atoms with van der Waals surface area (Å²) in [5.41, 5.74) is 0.794. The Labute approximate surface area is 138 Å². The normalized spacial score (nSPS) is 26.0. The molecule has 0 radical (unpaired) electrons. The Bertz CT molecular complexity index is 591. The van der Waals surface area contributed by atoms with Crippen LogP contribution in [0.15, 0.2) is 15.5 Å². The number of nitrogens with zero attached hydrogens (tertiary/aromatic N) is 4. The summed E-state index contributed by atoms with van der Waals surface area (Å²) in [5, 5.41) is 13.6. The molecule has 2 aliphatic rings. The third-order valence-electron chi connectivity index (χ3n) is 4.90. The molecule has 2 unspecified atom stereocenters. The van der Waals surface area contributed by atoms with Gasteiger partial charge in [-0.05, 0) is 48.2 Å². The highest BCUT2D eigenvalue weighted by Crippen LogP contribution is 2.31. The van der Waals surface area contributed by atoms with Crippen molar-refractivity contribution in [2.75, 3.05) is 31.1 Å². The van der Waals surface area contributed by atoms with E-state index in [1.54, 1.807) is 13.2 Å². The van der Waals surface area contributed by atoms with Crippen molar-refractivity contribution in [2.24, 2.45) is 7.05 Å². The number of likely N-dealkylation sites (tertiary alicyclic amines) is 1. The van der Waals surface area contributed by atoms with Gasteiger partial charge in [0, 0.05) is 32.2 Å². The highest BCUT2D eigenvalue weighted by molar-refractivity contribution is 9.10. The van der Waals surface area contributed by atoms with Gasteiger partial charge in [-0.2, -0.15) is 5.10 Å². The van der Waals surface area contributed by atoms with E-state index in [0.29, 0.717) is 16.6 Å². The van der Waals surface area contributed by atoms with Crippen molar-refractivity contribution in [3.05, 3.63) is 21.0 Å². The molecule has 2 saturated heterocycles. The fourth-order valence-corrected chi connectivity index (χ4v) is 4.24. The third kappa shape index (κ3) is 2.94. The number of aliphatic hydroxyl groups is 1. The second-order valence-electron chi connectivity index (χ2n) is 6.24. The van der Waals surface area contributed by atoms with Crippen LogP contribution >= 0.6 is 15.9 Å². The summed E-state index contributed by atoms with van der Waals surface area (Å²) in [6.07, 6.45) is 6.27. The van der Waals surface area contributed by atoms with Crippen LogP contribution in [0.25, 0.3) is 0 Å². The maximum Gasteiger partial charge on any atom is 0.282 e. The molecule has 122 valence electrons. The van der Waals surface area contributed by atoms with Crippen LogP contribution in [0, 0.1) is 0 Å². The first-order valence-electron chi connectivity index (χ1n) is 7.95. The van der Waals surface area contributed by atoms with Gasteiger partial charge in [-0.25, -0.2) is 4.68 Å². The lowest BCUT2D eigenvalue weighted by atomic mass is 10.1. The summed E-state index contributed by atoms with van der Waals surface area (Å²) in [7, 11) is 1.66. The lowest BCUT2D eigenvalue weighted by molar-refractivity contribution is 0.153. The smallest absolute Gasteiger partial charge is 0.282 e. The molecule has 0 aliphatic carbocycles. The van der Waals surface area contributed by atoms with Gasteiger partial charge < -0.3 is 10.0 Å². The Morgan fingerprint density at radius 3 is 2.82 bits per heavy atom. The summed E-state index contributed by atoms with van der Waals surface area (Å²) < 4.78 is 1.94. The van der Waals surface area contributed by atoms with Crippen LogP contribution in [-0.4, -0.2) is 58.1 Å². The summed E-state index contributed by atoms with van der Waals surface area (Å²) in [4.78, 5) is 16.8. The van der Waals surface area contributed by atoms with E-state index in [4.69, 9.17) is 0 Å². The summed E-state index contributed by atoms with van der Waals surface area (Å²) in [6, 6.07) is 0.685. The maximum absolute atomic E-state index is 12.1. The lowest BCUT2D eigenvalue weighted by Crippen LogP contribution is -2.44. The van der Waals surface area contributed by atoms with Crippen LogP contribution in [0.1, 0.15) is 25.7 Å². The van der Waals surface area contributed by atoms with Crippen molar-refractivity contribution < 1.29 is 5.11 Å². The van der Waals surface area contributed by atoms with Crippen molar-refractivity contribution in [1.82, 2.24) is 14.7 Å². The standard InChI is InChI=1S/C15H23BrN4O2/c1-18-15(22)14(16)13(8-17-18)20-7-3-4-11(20)9-19-6-2-5-12(19)10-21/h8,11-12,21H,2-7,9-10H2,1H3. The molecule has 1 aromatic heterocycles. The zero-order valence-electron chi connectivity index (χ0n) is 12.9. The summed E-state index contributed by atoms with van der Waals surface area (Å²) >= 11 is 3.44. The number of rotatable bonds is 4. The summed E-state index contributed by atoms with van der Waals surface area (Å²) in [6.45, 7) is 3.21. The minimum atomic E-state index is -0.0995. The van der Waals surface area contributed by atoms with Crippen molar-refractivity contribution in [3.63, 3.8) is 0 Å². The zero-order valence-corrected chi connectivity index (χ0v) is 14.5. The van der Waals surface area contributed by atoms with Crippen LogP contribution in [0.3, 0.4) is 0 Å². The molecule has 1 N–H and O–H groups in total. The molecule has 0 saturated carbocycles. The number of anilines is 1. The molecule has 7 heteroatoms. The fourth-order valence-electron chi connectivity index (χ4n) is 3.66. The number of aromatic nitrogens is 2. The van der Waals surface area contributed by atoms with Crippen LogP contribution in [0.2, 0.25) is 0 Å². The second kappa shape index (κ2) is 6.68. The quantitative estimate of drug-likeness (QED) is 0.855. The molecule has 0 amide bonds. The predicted molar refractivity (Wildman–Crippen MR) is 89.2 cm³/mol. The van der Waals surface area contributed by atoms with Crippen LogP contribution < -0.4 is 10.5 Å². The monoisotopic (exact) mass is 370 g/mol. The van der Waals surface area contributed by atoms with Crippen LogP contribution in [-0.2, 0) is 7.05 Å². The molecule has 22 heavy (non-hydrogen) atoms. The van der Waals surface area contributed by atoms with Gasteiger partial charge in [0.05, 0.1) is 18.5 Å². The van der Waals surface area contributed by atoms with Gasteiger partial charge in [0.25, 0.3) is 5.56 Å². The number of hydrogen-bond acceptors (Lipinski definition) is 5. The highest BCUT2D eigenvalue weighted by atomic mass is 79.9. The molecule has 3 rings (SSSR count). The Kier molecular flexibility index (Phi) is 4.84. The van der Waals surface area contributed by atoms with E-state index in [2.05, 4.69) is 30.8 Å². The van der Waals surface area contributed by atoms with Gasteiger partial charge in [-0.15, -0.1) is 0 Å². The van der Waals surface area contributed by atoms with E-state index >= 15 is 0 Å². The van der Waals surface area contributed by atoms with E-state index in [0.717, 1.165) is 51.0 Å². The highest BCUT2D eigenvalue weighted by Gasteiger charge is 2.32. The molecule has 1 aromatic rings. The molecular weight excluding hydrogens is 348 g/mol. The van der Waals surface area contributed by atoms with Crippen molar-refractivity contribution in [2.45, 2.75) is 37.8 Å². The lowest BCUT2D eigenvalue weighted by Gasteiger charge is -2.32. The molecule has 2 aliphatic heterocycles. The molecule has 2 atom stereocenters. The van der Waals surface area contributed by atoms with Crippen molar-refractivity contribution in [1.29, 1.82) is 0 Å². The Hall–Kier alpha value is -0.920. The molecule has 3 heterocycles. The second-order valence-corrected chi connectivity index (χ2v) is 7.03. The first-order valence-corrected chi connectivity index (χ1v) is 8.74. The van der Waals surface area contributed by atoms with E-state index < -0.39 is 0 Å². The van der Waals surface area contributed by atoms with Gasteiger partial charge in [-0.1, -0.05) is 0 Å². The average Bonchev–Trinajstić information content (AvgIpc) is 3.15. The minimum Gasteiger partial charge on any atom is -0.395 e. The minimum absolute atomic E-state index is 0.0995. The first kappa shape index (κ1) is 16.0. The van der Waals surface area contributed by atoms with Gasteiger partial charge >= 0.3 is 0 Å². The molecule has 0 bridgehead atoms. The molecular formula is C15H23BrN4O2. The topological polar surface area (TPSA) is 61.6 Å². The molecule has 6 nitrogen and oxygen atoms in total. The molecule has 0 aromatic carbocycles. The van der Waals surface area contributed by atoms with Crippen molar-refractivity contribution in [3.8, 4) is 0 Å². The van der Waals surface area contributed by atoms with Gasteiger partial charge in [0.2, 0.25) is 0 Å². The van der Waals surface area contributed by atoms with E-state index in [-0.39, 0.29) is 12.2 Å². The van der Waals surface area contributed by atoms with Crippen LogP contribution in [0.5, 0.6) is 0 Å². The van der Waals surface area contributed by atoms with Gasteiger partial charge in [0.1, 0.15) is 4.47 Å². The molecule has 2 fully saturated rings. The van der Waals surface area contributed by atoms with Crippen LogP contribution in [0.4, 0.5) is 5.69 Å². The predicted octanol–water partition coefficient (Wildman–Crippen LogP) is 0.968. The number of aryl methyl sites for hydroxylation is 1. The Morgan fingerprint density at radius 1 is 1.32 bits per heavy atom. The number of aliphatic hydroxyl groups excluding tert-OH is 1. The van der Waals surface area contributed by atoms with E-state index in [1.807, 2.05) is 0 Å². The SMILES string of the molecule is Cn1ncc(N2CCCC2CN2CCCC2CO)c(Br)c1=O. The number of halogens is 1. The van der Waals surface area contributed by atoms with E-state index in [9.17, 15) is 9.90 Å². The maximum atomic E-state index is 12.1. The van der Waals surface area contributed by atoms with E-state index in [1.165, 1.54) is 4.68 Å². The fraction of sp³-hybridized carbons (Fsp3) is 0.733.